The molecular weight excluding hydrogens is 234 g/mol. The summed E-state index contributed by atoms with van der Waals surface area (Å²) in [5.74, 6) is -1.49. The molecular formula is C13H13NO4. The minimum absolute atomic E-state index is 0.425. The van der Waals surface area contributed by atoms with Crippen LogP contribution >= 0.6 is 0 Å². The Bertz CT molecular complexity index is 509. The molecule has 0 unspecified atom stereocenters. The van der Waals surface area contributed by atoms with Gasteiger partial charge in [0.05, 0.1) is 5.92 Å². The molecule has 0 N–H and O–H groups in total. The second-order valence-corrected chi connectivity index (χ2v) is 4.60. The number of nitro groups is 1. The molecule has 0 aliphatic heterocycles. The topological polar surface area (TPSA) is 77.3 Å². The Morgan fingerprint density at radius 1 is 1.17 bits per heavy atom. The first-order valence-corrected chi connectivity index (χ1v) is 5.64. The van der Waals surface area contributed by atoms with Gasteiger partial charge in [0.1, 0.15) is 0 Å². The van der Waals surface area contributed by atoms with Crippen molar-refractivity contribution in [3.63, 3.8) is 0 Å². The fourth-order valence-corrected chi connectivity index (χ4v) is 2.87. The Morgan fingerprint density at radius 3 is 2.00 bits per heavy atom. The maximum Gasteiger partial charge on any atom is 0.241 e. The van der Waals surface area contributed by atoms with E-state index >= 15 is 0 Å². The van der Waals surface area contributed by atoms with Crippen LogP contribution in [0.5, 0.6) is 0 Å². The van der Waals surface area contributed by atoms with E-state index in [-0.39, 0.29) is 0 Å². The molecule has 1 aliphatic rings. The molecule has 1 saturated carbocycles. The number of rotatable bonds is 4. The smallest absolute Gasteiger partial charge is 0.241 e. The van der Waals surface area contributed by atoms with E-state index in [1.165, 1.54) is 13.8 Å². The molecule has 2 rings (SSSR count). The van der Waals surface area contributed by atoms with Crippen LogP contribution in [0, 0.1) is 15.5 Å². The number of Topliss-reactive ketones (excluding diaryl/α,β-unsaturated/α-hetero) is 2. The highest BCUT2D eigenvalue weighted by Crippen LogP contribution is 2.61. The number of ketones is 2. The monoisotopic (exact) mass is 247 g/mol. The average molecular weight is 247 g/mol. The first kappa shape index (κ1) is 12.4. The van der Waals surface area contributed by atoms with Gasteiger partial charge in [0.2, 0.25) is 6.04 Å². The molecule has 0 saturated heterocycles. The van der Waals surface area contributed by atoms with Gasteiger partial charge in [-0.2, -0.15) is 0 Å². The molecule has 1 aromatic rings. The van der Waals surface area contributed by atoms with Crippen LogP contribution in [0.15, 0.2) is 30.3 Å². The molecule has 18 heavy (non-hydrogen) atoms. The minimum atomic E-state index is -1.47. The van der Waals surface area contributed by atoms with Crippen LogP contribution in [0.2, 0.25) is 0 Å². The first-order valence-electron chi connectivity index (χ1n) is 5.64. The van der Waals surface area contributed by atoms with Crippen LogP contribution < -0.4 is 0 Å². The summed E-state index contributed by atoms with van der Waals surface area (Å²) < 4.78 is 0. The molecule has 0 aromatic heterocycles. The van der Waals surface area contributed by atoms with Crippen molar-refractivity contribution in [2.24, 2.45) is 5.41 Å². The summed E-state index contributed by atoms with van der Waals surface area (Å²) in [5, 5.41) is 11.1. The van der Waals surface area contributed by atoms with Crippen LogP contribution in [-0.4, -0.2) is 22.5 Å². The summed E-state index contributed by atoms with van der Waals surface area (Å²) in [7, 11) is 0. The van der Waals surface area contributed by atoms with Gasteiger partial charge in [0, 0.05) is 4.92 Å². The summed E-state index contributed by atoms with van der Waals surface area (Å²) in [5.41, 5.74) is -0.796. The number of benzene rings is 1. The quantitative estimate of drug-likeness (QED) is 0.460. The summed E-state index contributed by atoms with van der Waals surface area (Å²) in [6.45, 7) is 2.50. The molecule has 1 aromatic carbocycles. The second kappa shape index (κ2) is 4.01. The van der Waals surface area contributed by atoms with Crippen LogP contribution in [0.25, 0.3) is 0 Å². The first-order chi connectivity index (χ1) is 8.44. The van der Waals surface area contributed by atoms with E-state index in [4.69, 9.17) is 0 Å². The fourth-order valence-electron chi connectivity index (χ4n) is 2.87. The van der Waals surface area contributed by atoms with Crippen LogP contribution in [0.4, 0.5) is 0 Å². The Hall–Kier alpha value is -2.04. The van der Waals surface area contributed by atoms with E-state index in [0.717, 1.165) is 0 Å². The van der Waals surface area contributed by atoms with Crippen molar-refractivity contribution in [1.29, 1.82) is 0 Å². The van der Waals surface area contributed by atoms with Gasteiger partial charge in [0.25, 0.3) is 0 Å². The predicted molar refractivity (Wildman–Crippen MR) is 63.8 cm³/mol. The molecule has 0 amide bonds. The number of carbonyl (C=O) groups excluding carboxylic acids is 2. The van der Waals surface area contributed by atoms with Gasteiger partial charge in [-0.1, -0.05) is 30.3 Å². The lowest BCUT2D eigenvalue weighted by molar-refractivity contribution is -0.500. The van der Waals surface area contributed by atoms with Crippen molar-refractivity contribution in [3.05, 3.63) is 46.0 Å². The molecule has 0 bridgehead atoms. The summed E-state index contributed by atoms with van der Waals surface area (Å²) in [4.78, 5) is 34.0. The number of carbonyl (C=O) groups is 2. The number of hydrogen-bond donors (Lipinski definition) is 0. The van der Waals surface area contributed by atoms with Crippen molar-refractivity contribution in [3.8, 4) is 0 Å². The van der Waals surface area contributed by atoms with Crippen molar-refractivity contribution in [2.75, 3.05) is 0 Å². The maximum atomic E-state index is 11.7. The Morgan fingerprint density at radius 2 is 1.67 bits per heavy atom. The molecule has 1 fully saturated rings. The van der Waals surface area contributed by atoms with Crippen molar-refractivity contribution >= 4 is 11.6 Å². The molecule has 5 nitrogen and oxygen atoms in total. The Kier molecular flexibility index (Phi) is 2.77. The van der Waals surface area contributed by atoms with Crippen LogP contribution in [0.1, 0.15) is 25.3 Å². The van der Waals surface area contributed by atoms with Crippen molar-refractivity contribution < 1.29 is 14.5 Å². The van der Waals surface area contributed by atoms with E-state index in [1.807, 2.05) is 0 Å². The number of hydrogen-bond acceptors (Lipinski definition) is 4. The average Bonchev–Trinajstić information content (AvgIpc) is 3.01. The normalized spacial score (nSPS) is 24.3. The highest BCUT2D eigenvalue weighted by molar-refractivity contribution is 6.11. The van der Waals surface area contributed by atoms with Crippen LogP contribution in [0.3, 0.4) is 0 Å². The predicted octanol–water partition coefficient (Wildman–Crippen LogP) is 1.59. The van der Waals surface area contributed by atoms with Crippen molar-refractivity contribution in [2.45, 2.75) is 25.8 Å². The van der Waals surface area contributed by atoms with Gasteiger partial charge < -0.3 is 0 Å². The standard InChI is InChI=1S/C13H13NO4/c1-8(15)13(9(2)16)11(12(13)14(17)18)10-6-4-3-5-7-10/h3-7,11-12H,1-2H3/t11-,12-/m1/s1. The highest BCUT2D eigenvalue weighted by Gasteiger charge is 2.80. The van der Waals surface area contributed by atoms with E-state index < -0.39 is 33.9 Å². The van der Waals surface area contributed by atoms with E-state index in [2.05, 4.69) is 0 Å². The molecule has 0 heterocycles. The third-order valence-electron chi connectivity index (χ3n) is 3.71. The molecule has 2 atom stereocenters. The van der Waals surface area contributed by atoms with Gasteiger partial charge >= 0.3 is 0 Å². The zero-order valence-electron chi connectivity index (χ0n) is 10.1. The van der Waals surface area contributed by atoms with Crippen molar-refractivity contribution in [1.82, 2.24) is 0 Å². The fraction of sp³-hybridized carbons (Fsp3) is 0.385. The molecule has 94 valence electrons. The largest absolute Gasteiger partial charge is 0.299 e. The lowest BCUT2D eigenvalue weighted by Gasteiger charge is -2.06. The van der Waals surface area contributed by atoms with Gasteiger partial charge in [-0.05, 0) is 19.4 Å². The molecule has 1 aliphatic carbocycles. The summed E-state index contributed by atoms with van der Waals surface area (Å²) >= 11 is 0. The SMILES string of the molecule is CC(=O)C1(C(C)=O)[C@H](c2ccccc2)[C@H]1[N+](=O)[O-]. The maximum absolute atomic E-state index is 11.7. The van der Waals surface area contributed by atoms with Gasteiger partial charge in [-0.3, -0.25) is 19.7 Å². The summed E-state index contributed by atoms with van der Waals surface area (Å²) in [6, 6.07) is 7.58. The van der Waals surface area contributed by atoms with E-state index in [1.54, 1.807) is 30.3 Å². The van der Waals surface area contributed by atoms with E-state index in [0.29, 0.717) is 5.56 Å². The third kappa shape index (κ3) is 1.47. The Labute approximate surface area is 104 Å². The van der Waals surface area contributed by atoms with Gasteiger partial charge in [-0.25, -0.2) is 0 Å². The minimum Gasteiger partial charge on any atom is -0.299 e. The second-order valence-electron chi connectivity index (χ2n) is 4.60. The summed E-state index contributed by atoms with van der Waals surface area (Å²) in [6.07, 6.45) is 0. The molecule has 5 heteroatoms. The van der Waals surface area contributed by atoms with E-state index in [9.17, 15) is 19.7 Å². The number of nitrogens with zero attached hydrogens (tertiary/aromatic N) is 1. The zero-order chi connectivity index (χ0) is 13.5. The zero-order valence-corrected chi connectivity index (χ0v) is 10.1. The Balaban J connectivity index is 2.51. The lowest BCUT2D eigenvalue weighted by atomic mass is 9.91. The molecule has 0 spiro atoms. The highest BCUT2D eigenvalue weighted by atomic mass is 16.6. The third-order valence-corrected chi connectivity index (χ3v) is 3.71. The molecule has 0 radical (unpaired) electrons. The van der Waals surface area contributed by atoms with Gasteiger partial charge in [0.15, 0.2) is 17.0 Å². The lowest BCUT2D eigenvalue weighted by Crippen LogP contribution is -2.28. The van der Waals surface area contributed by atoms with Gasteiger partial charge in [-0.15, -0.1) is 0 Å². The van der Waals surface area contributed by atoms with Crippen LogP contribution in [-0.2, 0) is 9.59 Å².